The fourth-order valence-corrected chi connectivity index (χ4v) is 0. The lowest BCUT2D eigenvalue weighted by Crippen LogP contribution is -2.21. The Labute approximate surface area is 42.5 Å². The van der Waals surface area contributed by atoms with Gasteiger partial charge in [-0.25, -0.2) is 0 Å². The monoisotopic (exact) mass is 122 g/mol. The third kappa shape index (κ3) is 2.80. The van der Waals surface area contributed by atoms with E-state index < -0.39 is 13.3 Å². The van der Waals surface area contributed by atoms with Gasteiger partial charge >= 0.3 is 0 Å². The lowest BCUT2D eigenvalue weighted by molar-refractivity contribution is -0.315. The first kappa shape index (κ1) is 7.15. The molecular weight excluding hydrogens is 115 g/mol. The Bertz CT molecular complexity index is 92.4. The van der Waals surface area contributed by atoms with Crippen molar-refractivity contribution in [2.75, 3.05) is 0 Å². The number of hydrogen-bond donors (Lipinski definition) is 0. The van der Waals surface area contributed by atoms with E-state index in [1.165, 1.54) is 13.8 Å². The van der Waals surface area contributed by atoms with Crippen LogP contribution in [-0.2, 0) is 4.57 Å². The van der Waals surface area contributed by atoms with Crippen molar-refractivity contribution in [3.63, 3.8) is 0 Å². The van der Waals surface area contributed by atoms with E-state index in [0.29, 0.717) is 0 Å². The van der Waals surface area contributed by atoms with E-state index in [4.69, 9.17) is 0 Å². The first-order chi connectivity index (χ1) is 2.94. The minimum atomic E-state index is -4.24. The molecule has 0 rings (SSSR count). The molecule has 3 nitrogen and oxygen atoms in total. The van der Waals surface area contributed by atoms with Gasteiger partial charge in [0.25, 0.3) is 0 Å². The summed E-state index contributed by atoms with van der Waals surface area (Å²) >= 11 is 0. The Hall–Kier alpha value is 0.150. The first-order valence-electron chi connectivity index (χ1n) is 1.96. The molecule has 0 aliphatic heterocycles. The van der Waals surface area contributed by atoms with Crippen LogP contribution >= 0.6 is 7.60 Å². The minimum Gasteiger partial charge on any atom is -0.811 e. The molecule has 7 heavy (non-hydrogen) atoms. The van der Waals surface area contributed by atoms with E-state index in [1.807, 2.05) is 0 Å². The summed E-state index contributed by atoms with van der Waals surface area (Å²) < 4.78 is 9.80. The molecule has 0 aromatic carbocycles. The molecule has 0 heterocycles. The molecule has 0 saturated carbocycles. The van der Waals surface area contributed by atoms with Gasteiger partial charge in [0.05, 0.1) is 0 Å². The normalized spacial score (nSPS) is 12.7. The Morgan fingerprint density at radius 1 is 1.43 bits per heavy atom. The molecule has 4 heteroatoms. The van der Waals surface area contributed by atoms with E-state index in [0.717, 1.165) is 0 Å². The Kier molecular flexibility index (Phi) is 1.99. The second-order valence-corrected chi connectivity index (χ2v) is 3.75. The molecule has 44 valence electrons. The average Bonchev–Trinajstić information content (AvgIpc) is 1.31. The highest BCUT2D eigenvalue weighted by atomic mass is 31.2. The van der Waals surface area contributed by atoms with Gasteiger partial charge in [0.2, 0.25) is 0 Å². The zero-order valence-corrected chi connectivity index (χ0v) is 5.14. The predicted octanol–water partition coefficient (Wildman–Crippen LogP) is -0.692. The summed E-state index contributed by atoms with van der Waals surface area (Å²) in [5.41, 5.74) is -0.757. The highest BCUT2D eigenvalue weighted by Crippen LogP contribution is 2.29. The van der Waals surface area contributed by atoms with Crippen molar-refractivity contribution in [2.24, 2.45) is 0 Å². The van der Waals surface area contributed by atoms with Crippen molar-refractivity contribution in [1.82, 2.24) is 0 Å². The number of hydrogen-bond acceptors (Lipinski definition) is 3. The highest BCUT2D eigenvalue weighted by molar-refractivity contribution is 7.49. The maximum Gasteiger partial charge on any atom is -0.0191 e. The van der Waals surface area contributed by atoms with E-state index >= 15 is 0 Å². The Balaban J connectivity index is 3.80. The van der Waals surface area contributed by atoms with E-state index in [9.17, 15) is 14.4 Å². The van der Waals surface area contributed by atoms with Crippen molar-refractivity contribution in [3.05, 3.63) is 0 Å². The van der Waals surface area contributed by atoms with Crippen LogP contribution in [0.2, 0.25) is 0 Å². The zero-order chi connectivity index (χ0) is 6.08. The van der Waals surface area contributed by atoms with Gasteiger partial charge in [-0.15, -0.1) is 0 Å². The van der Waals surface area contributed by atoms with Crippen molar-refractivity contribution in [2.45, 2.75) is 19.5 Å². The molecule has 0 saturated heterocycles. The van der Waals surface area contributed by atoms with Gasteiger partial charge in [0.15, 0.2) is 0 Å². The molecule has 0 aromatic heterocycles. The molecule has 0 aromatic rings. The summed E-state index contributed by atoms with van der Waals surface area (Å²) in [4.78, 5) is 19.6. The van der Waals surface area contributed by atoms with Gasteiger partial charge < -0.3 is 14.4 Å². The predicted molar refractivity (Wildman–Crippen MR) is 22.7 cm³/mol. The largest absolute Gasteiger partial charge is 0.811 e. The van der Waals surface area contributed by atoms with Gasteiger partial charge in [-0.05, 0) is 5.66 Å². The van der Waals surface area contributed by atoms with Crippen LogP contribution < -0.4 is 9.79 Å². The molecule has 0 spiro atoms. The minimum absolute atomic E-state index is 0.757. The second-order valence-electron chi connectivity index (χ2n) is 1.63. The van der Waals surface area contributed by atoms with Crippen molar-refractivity contribution in [1.29, 1.82) is 0 Å². The van der Waals surface area contributed by atoms with Crippen molar-refractivity contribution >= 4 is 7.60 Å². The molecule has 0 bridgehead atoms. The molecular formula is C3H7O3P-2. The standard InChI is InChI=1S/C3H9O3P/c1-3(2)7(4,5)6/h3H,1-2H3,(H2,4,5,6)/p-2. The molecule has 0 N–H and O–H groups in total. The Morgan fingerprint density at radius 2 is 1.57 bits per heavy atom. The molecule has 0 radical (unpaired) electrons. The summed E-state index contributed by atoms with van der Waals surface area (Å²) in [6, 6.07) is 0. The maximum absolute atomic E-state index is 9.80. The lowest BCUT2D eigenvalue weighted by Gasteiger charge is -2.33. The molecule has 0 atom stereocenters. The molecule has 0 aliphatic carbocycles. The van der Waals surface area contributed by atoms with Crippen LogP contribution in [0.15, 0.2) is 0 Å². The first-order valence-corrected chi connectivity index (χ1v) is 3.57. The smallest absolute Gasteiger partial charge is 0.0191 e. The van der Waals surface area contributed by atoms with Crippen molar-refractivity contribution in [3.8, 4) is 0 Å². The van der Waals surface area contributed by atoms with Gasteiger partial charge in [-0.1, -0.05) is 21.4 Å². The maximum atomic E-state index is 9.80. The van der Waals surface area contributed by atoms with Gasteiger partial charge in [0, 0.05) is 0 Å². The van der Waals surface area contributed by atoms with E-state index in [-0.39, 0.29) is 0 Å². The molecule has 0 fully saturated rings. The quantitative estimate of drug-likeness (QED) is 0.432. The zero-order valence-electron chi connectivity index (χ0n) is 4.25. The van der Waals surface area contributed by atoms with E-state index in [2.05, 4.69) is 0 Å². The number of rotatable bonds is 1. The summed E-state index contributed by atoms with van der Waals surface area (Å²) in [6.07, 6.45) is 0. The summed E-state index contributed by atoms with van der Waals surface area (Å²) in [7, 11) is -4.24. The van der Waals surface area contributed by atoms with Crippen LogP contribution in [0.3, 0.4) is 0 Å². The third-order valence-electron chi connectivity index (χ3n) is 0.632. The van der Waals surface area contributed by atoms with Gasteiger partial charge in [0.1, 0.15) is 0 Å². The van der Waals surface area contributed by atoms with Crippen LogP contribution in [0.4, 0.5) is 0 Å². The average molecular weight is 122 g/mol. The summed E-state index contributed by atoms with van der Waals surface area (Å²) in [5, 5.41) is 0. The van der Waals surface area contributed by atoms with Gasteiger partial charge in [-0.2, -0.15) is 0 Å². The highest BCUT2D eigenvalue weighted by Gasteiger charge is 1.94. The van der Waals surface area contributed by atoms with Crippen LogP contribution in [0, 0.1) is 0 Å². The van der Waals surface area contributed by atoms with Crippen LogP contribution in [0.5, 0.6) is 0 Å². The summed E-state index contributed by atoms with van der Waals surface area (Å²) in [6.45, 7) is 2.72. The fourth-order valence-electron chi connectivity index (χ4n) is 0. The van der Waals surface area contributed by atoms with E-state index in [1.54, 1.807) is 0 Å². The molecule has 0 aliphatic rings. The third-order valence-corrected chi connectivity index (χ3v) is 1.90. The molecule has 0 amide bonds. The fraction of sp³-hybridized carbons (Fsp3) is 1.00. The van der Waals surface area contributed by atoms with Crippen LogP contribution in [-0.4, -0.2) is 5.66 Å². The lowest BCUT2D eigenvalue weighted by atomic mass is 10.6. The van der Waals surface area contributed by atoms with Gasteiger partial charge in [-0.3, -0.25) is 0 Å². The molecule has 0 unspecified atom stereocenters. The van der Waals surface area contributed by atoms with Crippen LogP contribution in [0.1, 0.15) is 13.8 Å². The Morgan fingerprint density at radius 3 is 1.57 bits per heavy atom. The van der Waals surface area contributed by atoms with Crippen LogP contribution in [0.25, 0.3) is 0 Å². The van der Waals surface area contributed by atoms with Crippen molar-refractivity contribution < 1.29 is 14.4 Å². The SMILES string of the molecule is CC(C)P(=O)([O-])[O-]. The summed E-state index contributed by atoms with van der Waals surface area (Å²) in [5.74, 6) is 0. The second kappa shape index (κ2) is 1.95. The topological polar surface area (TPSA) is 63.2 Å².